The van der Waals surface area contributed by atoms with Gasteiger partial charge in [0, 0.05) is 17.7 Å². The Hall–Kier alpha value is -3.91. The first-order chi connectivity index (χ1) is 25.5. The van der Waals surface area contributed by atoms with E-state index in [0.717, 1.165) is 24.3 Å². The quantitative estimate of drug-likeness (QED) is 0.0925. The van der Waals surface area contributed by atoms with Crippen molar-refractivity contribution < 1.29 is 99.2 Å². The number of aromatic hydroxyl groups is 4. The smallest absolute Gasteiger partial charge is 0.239 e. The summed E-state index contributed by atoms with van der Waals surface area (Å²) in [5, 5.41) is 134. The van der Waals surface area contributed by atoms with Gasteiger partial charge in [0.25, 0.3) is 0 Å². The third-order valence-electron chi connectivity index (χ3n) is 9.41. The van der Waals surface area contributed by atoms with E-state index in [-0.39, 0.29) is 11.1 Å². The highest BCUT2D eigenvalue weighted by atomic mass is 16.8. The molecule has 0 saturated carbocycles. The van der Waals surface area contributed by atoms with E-state index in [9.17, 15) is 71.2 Å². The molecule has 3 saturated heterocycles. The lowest BCUT2D eigenvalue weighted by Crippen LogP contribution is -2.65. The number of aliphatic hydroxyl groups is 9. The molecule has 3 fully saturated rings. The van der Waals surface area contributed by atoms with Crippen LogP contribution in [0.1, 0.15) is 6.92 Å². The zero-order chi connectivity index (χ0) is 39.3. The highest BCUT2D eigenvalue weighted by molar-refractivity contribution is 5.88. The Morgan fingerprint density at radius 1 is 0.667 bits per heavy atom. The van der Waals surface area contributed by atoms with Crippen LogP contribution in [-0.4, -0.2) is 172 Å². The average Bonchev–Trinajstić information content (AvgIpc) is 3.13. The van der Waals surface area contributed by atoms with Crippen LogP contribution in [0.4, 0.5) is 0 Å². The van der Waals surface area contributed by atoms with Crippen LogP contribution < -0.4 is 10.2 Å². The van der Waals surface area contributed by atoms with Gasteiger partial charge in [-0.1, -0.05) is 0 Å². The first-order valence-electron chi connectivity index (χ1n) is 16.5. The Morgan fingerprint density at radius 3 is 2.00 bits per heavy atom. The van der Waals surface area contributed by atoms with Crippen LogP contribution in [-0.2, 0) is 23.7 Å². The summed E-state index contributed by atoms with van der Waals surface area (Å²) < 4.78 is 39.6. The van der Waals surface area contributed by atoms with E-state index in [1.807, 2.05) is 0 Å². The monoisotopic (exact) mass is 772 g/mol. The minimum Gasteiger partial charge on any atom is -0.508 e. The Bertz CT molecular complexity index is 1850. The maximum absolute atomic E-state index is 13.8. The molecule has 21 heteroatoms. The molecule has 0 bridgehead atoms. The minimum atomic E-state index is -2.08. The van der Waals surface area contributed by atoms with Gasteiger partial charge in [-0.25, -0.2) is 0 Å². The summed E-state index contributed by atoms with van der Waals surface area (Å²) in [6.45, 7) is -0.252. The van der Waals surface area contributed by atoms with Crippen LogP contribution in [0, 0.1) is 0 Å². The minimum absolute atomic E-state index is 0.0870. The Balaban J connectivity index is 1.28. The molecule has 2 aromatic carbocycles. The summed E-state index contributed by atoms with van der Waals surface area (Å²) in [6, 6.07) is 5.07. The molecule has 3 aliphatic rings. The number of phenols is 4. The van der Waals surface area contributed by atoms with E-state index in [0.29, 0.717) is 0 Å². The highest BCUT2D eigenvalue weighted by Crippen LogP contribution is 2.40. The van der Waals surface area contributed by atoms with Crippen molar-refractivity contribution in [3.8, 4) is 40.1 Å². The molecule has 1 aromatic heterocycles. The number of hydrogen-bond acceptors (Lipinski definition) is 21. The zero-order valence-electron chi connectivity index (χ0n) is 28.0. The Kier molecular flexibility index (Phi) is 11.5. The first kappa shape index (κ1) is 39.8. The summed E-state index contributed by atoms with van der Waals surface area (Å²) >= 11 is 0. The van der Waals surface area contributed by atoms with E-state index in [1.165, 1.54) is 13.0 Å². The molecule has 54 heavy (non-hydrogen) atoms. The molecular weight excluding hydrogens is 732 g/mol. The predicted molar refractivity (Wildman–Crippen MR) is 173 cm³/mol. The van der Waals surface area contributed by atoms with Crippen LogP contribution >= 0.6 is 0 Å². The third kappa shape index (κ3) is 7.39. The normalized spacial score (nSPS) is 37.3. The van der Waals surface area contributed by atoms with Crippen LogP contribution in [0.3, 0.4) is 0 Å². The van der Waals surface area contributed by atoms with Crippen molar-refractivity contribution in [3.63, 3.8) is 0 Å². The van der Waals surface area contributed by atoms with Crippen molar-refractivity contribution in [1.29, 1.82) is 0 Å². The molecule has 0 amide bonds. The van der Waals surface area contributed by atoms with Gasteiger partial charge in [-0.3, -0.25) is 4.79 Å². The van der Waals surface area contributed by atoms with Crippen LogP contribution in [0.25, 0.3) is 22.3 Å². The fraction of sp³-hybridized carbons (Fsp3) is 0.545. The summed E-state index contributed by atoms with van der Waals surface area (Å²) in [5.74, 6) is -3.64. The molecule has 15 atom stereocenters. The van der Waals surface area contributed by atoms with Gasteiger partial charge in [0.1, 0.15) is 89.6 Å². The largest absolute Gasteiger partial charge is 0.508 e. The van der Waals surface area contributed by atoms with Gasteiger partial charge < -0.3 is 99.2 Å². The van der Waals surface area contributed by atoms with Crippen LogP contribution in [0.15, 0.2) is 39.5 Å². The molecule has 298 valence electrons. The van der Waals surface area contributed by atoms with Crippen molar-refractivity contribution in [3.05, 3.63) is 40.6 Å². The lowest BCUT2D eigenvalue weighted by Gasteiger charge is -2.46. The topological polar surface area (TPSA) is 349 Å². The molecule has 13 N–H and O–H groups in total. The lowest BCUT2D eigenvalue weighted by molar-refractivity contribution is -0.369. The molecular formula is C33H40O21. The molecule has 4 heterocycles. The van der Waals surface area contributed by atoms with Gasteiger partial charge in [-0.15, -0.1) is 0 Å². The third-order valence-corrected chi connectivity index (χ3v) is 9.41. The maximum atomic E-state index is 13.8. The second-order valence-corrected chi connectivity index (χ2v) is 13.1. The molecule has 0 spiro atoms. The van der Waals surface area contributed by atoms with Crippen molar-refractivity contribution in [2.75, 3.05) is 13.2 Å². The van der Waals surface area contributed by atoms with Crippen molar-refractivity contribution >= 4 is 11.0 Å². The summed E-state index contributed by atoms with van der Waals surface area (Å²) in [5.41, 5.74) is -1.52. The molecule has 3 aliphatic heterocycles. The summed E-state index contributed by atoms with van der Waals surface area (Å²) in [7, 11) is 0. The average molecular weight is 773 g/mol. The van der Waals surface area contributed by atoms with Crippen molar-refractivity contribution in [1.82, 2.24) is 0 Å². The predicted octanol–water partition coefficient (Wildman–Crippen LogP) is -3.86. The van der Waals surface area contributed by atoms with E-state index in [2.05, 4.69) is 0 Å². The van der Waals surface area contributed by atoms with Crippen molar-refractivity contribution in [2.24, 2.45) is 0 Å². The van der Waals surface area contributed by atoms with Gasteiger partial charge in [-0.2, -0.15) is 0 Å². The lowest BCUT2D eigenvalue weighted by atomic mass is 9.97. The second kappa shape index (κ2) is 15.7. The van der Waals surface area contributed by atoms with E-state index in [4.69, 9.17) is 32.8 Å². The molecule has 6 unspecified atom stereocenters. The zero-order valence-corrected chi connectivity index (χ0v) is 28.0. The number of phenolic OH excluding ortho intramolecular Hbond substituents is 4. The SMILES string of the molecule is CC1O[C@@H](OC2[C@H](OCC3O[C@@H](Oc4c(-c5ccc(O)c(O)c5)oc5cc(O)cc(O)c5c4=O)C(O)[C@@H](O)[C@@H]3O)OC(CO)[C@@H](O)[C@@H]2O)[C@@H](O)C(O)[C@H]1O. The van der Waals surface area contributed by atoms with Gasteiger partial charge in [-0.05, 0) is 25.1 Å². The molecule has 6 rings (SSSR count). The molecule has 0 aliphatic carbocycles. The van der Waals surface area contributed by atoms with Gasteiger partial charge in [0.15, 0.2) is 29.8 Å². The van der Waals surface area contributed by atoms with E-state index >= 15 is 0 Å². The number of aliphatic hydroxyl groups excluding tert-OH is 9. The van der Waals surface area contributed by atoms with Crippen molar-refractivity contribution in [2.45, 2.75) is 99.0 Å². The number of rotatable bonds is 9. The van der Waals surface area contributed by atoms with Gasteiger partial charge in [0.2, 0.25) is 17.5 Å². The molecule has 21 nitrogen and oxygen atoms in total. The fourth-order valence-electron chi connectivity index (χ4n) is 6.30. The number of fused-ring (bicyclic) bond motifs is 1. The van der Waals surface area contributed by atoms with Gasteiger partial charge in [0.05, 0.1) is 19.3 Å². The number of ether oxygens (including phenoxy) is 6. The van der Waals surface area contributed by atoms with Gasteiger partial charge >= 0.3 is 0 Å². The number of benzene rings is 2. The molecule has 3 aromatic rings. The van der Waals surface area contributed by atoms with Crippen LogP contribution in [0.2, 0.25) is 0 Å². The van der Waals surface area contributed by atoms with E-state index in [1.54, 1.807) is 0 Å². The highest BCUT2D eigenvalue weighted by Gasteiger charge is 2.52. The fourth-order valence-corrected chi connectivity index (χ4v) is 6.30. The standard InChI is InChI=1S/C33H40O21/c1-9-19(39)23(43)26(46)31(49-9)54-30-25(45)20(40)16(7-34)51-33(30)48-8-17-21(41)24(44)27(47)32(52-17)53-29-22(42)18-14(38)5-11(35)6-15(18)50-28(29)10-2-3-12(36)13(37)4-10/h2-6,9,16-17,19-21,23-27,30-41,43-47H,7-8H2,1H3/t9?,16?,17?,19-,20+,21+,23?,24-,25-,26-,27?,30?,31-,32-,33+/m0/s1. The summed E-state index contributed by atoms with van der Waals surface area (Å²) in [6.07, 6.45) is -26.2. The number of hydrogen-bond donors (Lipinski definition) is 13. The van der Waals surface area contributed by atoms with E-state index < -0.39 is 151 Å². The summed E-state index contributed by atoms with van der Waals surface area (Å²) in [4.78, 5) is 13.8. The Labute approximate surface area is 303 Å². The Morgan fingerprint density at radius 2 is 1.31 bits per heavy atom. The molecule has 0 radical (unpaired) electrons. The first-order valence-corrected chi connectivity index (χ1v) is 16.5. The van der Waals surface area contributed by atoms with Crippen LogP contribution in [0.5, 0.6) is 28.7 Å². The maximum Gasteiger partial charge on any atom is 0.239 e. The second-order valence-electron chi connectivity index (χ2n) is 13.1.